The summed E-state index contributed by atoms with van der Waals surface area (Å²) in [4.78, 5) is 29.0. The van der Waals surface area contributed by atoms with Crippen molar-refractivity contribution in [1.29, 1.82) is 0 Å². The predicted octanol–water partition coefficient (Wildman–Crippen LogP) is 3.64. The van der Waals surface area contributed by atoms with Gasteiger partial charge in [0.15, 0.2) is 6.61 Å². The molecule has 4 rings (SSSR count). The van der Waals surface area contributed by atoms with E-state index in [1.54, 1.807) is 19.2 Å². The highest BCUT2D eigenvalue weighted by Crippen LogP contribution is 2.26. The van der Waals surface area contributed by atoms with E-state index in [0.29, 0.717) is 49.9 Å². The second-order valence-electron chi connectivity index (χ2n) is 10.6. The van der Waals surface area contributed by atoms with Crippen LogP contribution in [-0.2, 0) is 30.9 Å². The molecule has 1 fully saturated rings. The van der Waals surface area contributed by atoms with Crippen LogP contribution in [0.4, 0.5) is 0 Å². The van der Waals surface area contributed by atoms with Crippen molar-refractivity contribution in [1.82, 2.24) is 14.5 Å². The van der Waals surface area contributed by atoms with E-state index in [-0.39, 0.29) is 29.9 Å². The number of benzene rings is 3. The fraction of sp³-hybridized carbons (Fsp3) is 0.375. The molecule has 1 N–H and O–H groups in total. The molecule has 0 aromatic heterocycles. The van der Waals surface area contributed by atoms with Gasteiger partial charge < -0.3 is 24.4 Å². The van der Waals surface area contributed by atoms with Gasteiger partial charge in [-0.2, -0.15) is 4.31 Å². The molecule has 1 aliphatic rings. The van der Waals surface area contributed by atoms with Gasteiger partial charge in [0.2, 0.25) is 15.9 Å². The number of nitrogens with zero attached hydrogens (tertiary/aromatic N) is 2. The van der Waals surface area contributed by atoms with E-state index >= 15 is 0 Å². The van der Waals surface area contributed by atoms with Gasteiger partial charge in [-0.1, -0.05) is 56.3 Å². The molecule has 230 valence electrons. The monoisotopic (exact) mass is 609 g/mol. The van der Waals surface area contributed by atoms with Crippen LogP contribution in [0.3, 0.4) is 0 Å². The van der Waals surface area contributed by atoms with Crippen LogP contribution in [0.5, 0.6) is 11.5 Å². The molecule has 1 atom stereocenters. The van der Waals surface area contributed by atoms with E-state index < -0.39 is 22.0 Å². The van der Waals surface area contributed by atoms with Crippen LogP contribution < -0.4 is 14.8 Å². The number of nitrogens with one attached hydrogen (secondary N) is 1. The second kappa shape index (κ2) is 15.0. The largest absolute Gasteiger partial charge is 0.497 e. The molecule has 0 bridgehead atoms. The third-order valence-electron chi connectivity index (χ3n) is 6.99. The molecule has 3 aromatic carbocycles. The quantitative estimate of drug-likeness (QED) is 0.315. The number of rotatable bonds is 13. The summed E-state index contributed by atoms with van der Waals surface area (Å²) < 4.78 is 43.7. The number of amides is 2. The number of ether oxygens (including phenoxy) is 3. The summed E-state index contributed by atoms with van der Waals surface area (Å²) in [6, 6.07) is 21.5. The van der Waals surface area contributed by atoms with Crippen molar-refractivity contribution in [3.63, 3.8) is 0 Å². The topological polar surface area (TPSA) is 114 Å². The van der Waals surface area contributed by atoms with E-state index in [2.05, 4.69) is 5.32 Å². The number of carbonyl (C=O) groups excluding carboxylic acids is 2. The first-order valence-corrected chi connectivity index (χ1v) is 15.7. The number of carbonyl (C=O) groups is 2. The van der Waals surface area contributed by atoms with Crippen LogP contribution in [0.15, 0.2) is 83.8 Å². The zero-order chi connectivity index (χ0) is 30.8. The van der Waals surface area contributed by atoms with Gasteiger partial charge >= 0.3 is 0 Å². The van der Waals surface area contributed by atoms with Gasteiger partial charge in [0.1, 0.15) is 17.5 Å². The fourth-order valence-electron chi connectivity index (χ4n) is 4.63. The molecule has 43 heavy (non-hydrogen) atoms. The van der Waals surface area contributed by atoms with Crippen molar-refractivity contribution >= 4 is 21.8 Å². The Morgan fingerprint density at radius 3 is 2.16 bits per heavy atom. The van der Waals surface area contributed by atoms with Crippen LogP contribution in [0.2, 0.25) is 0 Å². The highest BCUT2D eigenvalue weighted by molar-refractivity contribution is 7.89. The minimum Gasteiger partial charge on any atom is -0.497 e. The Morgan fingerprint density at radius 1 is 0.930 bits per heavy atom. The SMILES string of the molecule is COc1ccc(CN(C(=O)COc2ccc(S(=O)(=O)N3CCOCC3)cc2)C(C(=O)NCC(C)C)c2ccccc2)cc1. The van der Waals surface area contributed by atoms with Gasteiger partial charge in [-0.15, -0.1) is 0 Å². The number of morpholine rings is 1. The van der Waals surface area contributed by atoms with Crippen molar-refractivity contribution in [3.8, 4) is 11.5 Å². The zero-order valence-electron chi connectivity index (χ0n) is 24.8. The third kappa shape index (κ3) is 8.56. The van der Waals surface area contributed by atoms with Crippen molar-refractivity contribution in [2.24, 2.45) is 5.92 Å². The highest BCUT2D eigenvalue weighted by atomic mass is 32.2. The molecule has 11 heteroatoms. The summed E-state index contributed by atoms with van der Waals surface area (Å²) >= 11 is 0. The molecule has 0 saturated carbocycles. The van der Waals surface area contributed by atoms with E-state index in [9.17, 15) is 18.0 Å². The van der Waals surface area contributed by atoms with Gasteiger partial charge in [-0.05, 0) is 53.4 Å². The number of methoxy groups -OCH3 is 1. The molecule has 0 radical (unpaired) electrons. The molecule has 1 aliphatic heterocycles. The molecule has 0 spiro atoms. The fourth-order valence-corrected chi connectivity index (χ4v) is 6.04. The summed E-state index contributed by atoms with van der Waals surface area (Å²) in [5.41, 5.74) is 1.48. The average Bonchev–Trinajstić information content (AvgIpc) is 3.03. The lowest BCUT2D eigenvalue weighted by Crippen LogP contribution is -2.45. The molecule has 3 aromatic rings. The van der Waals surface area contributed by atoms with Crippen molar-refractivity contribution in [2.75, 3.05) is 46.6 Å². The average molecular weight is 610 g/mol. The van der Waals surface area contributed by atoms with Gasteiger partial charge in [0.25, 0.3) is 5.91 Å². The smallest absolute Gasteiger partial charge is 0.261 e. The minimum atomic E-state index is -3.66. The lowest BCUT2D eigenvalue weighted by Gasteiger charge is -2.32. The van der Waals surface area contributed by atoms with E-state index in [0.717, 1.165) is 5.56 Å². The minimum absolute atomic E-state index is 0.139. The molecule has 0 aliphatic carbocycles. The highest BCUT2D eigenvalue weighted by Gasteiger charge is 2.32. The van der Waals surface area contributed by atoms with Crippen molar-refractivity contribution in [3.05, 3.63) is 90.0 Å². The summed E-state index contributed by atoms with van der Waals surface area (Å²) in [5, 5.41) is 2.98. The Morgan fingerprint density at radius 2 is 1.56 bits per heavy atom. The summed E-state index contributed by atoms with van der Waals surface area (Å²) in [6.45, 7) is 5.57. The molecule has 1 saturated heterocycles. The van der Waals surface area contributed by atoms with E-state index in [1.165, 1.54) is 33.5 Å². The maximum Gasteiger partial charge on any atom is 0.261 e. The maximum absolute atomic E-state index is 13.8. The first kappa shape index (κ1) is 32.0. The second-order valence-corrected chi connectivity index (χ2v) is 12.5. The van der Waals surface area contributed by atoms with Gasteiger partial charge in [0.05, 0.1) is 25.2 Å². The van der Waals surface area contributed by atoms with E-state index in [4.69, 9.17) is 14.2 Å². The number of hydrogen-bond acceptors (Lipinski definition) is 7. The zero-order valence-corrected chi connectivity index (χ0v) is 25.6. The van der Waals surface area contributed by atoms with Crippen molar-refractivity contribution in [2.45, 2.75) is 31.3 Å². The summed E-state index contributed by atoms with van der Waals surface area (Å²) in [7, 11) is -2.08. The van der Waals surface area contributed by atoms with Crippen LogP contribution in [-0.4, -0.2) is 76.0 Å². The standard InChI is InChI=1S/C32H39N3O7S/c1-24(2)21-33-32(37)31(26-7-5-4-6-8-26)35(22-25-9-11-27(40-3)12-10-25)30(36)23-42-28-13-15-29(16-14-28)43(38,39)34-17-19-41-20-18-34/h4-16,24,31H,17-23H2,1-3H3,(H,33,37). The van der Waals surface area contributed by atoms with Gasteiger partial charge in [-0.25, -0.2) is 8.42 Å². The van der Waals surface area contributed by atoms with E-state index in [1.807, 2.05) is 56.3 Å². The Kier molecular flexibility index (Phi) is 11.2. The Balaban J connectivity index is 1.56. The first-order chi connectivity index (χ1) is 20.7. The summed E-state index contributed by atoms with van der Waals surface area (Å²) in [6.07, 6.45) is 0. The van der Waals surface area contributed by atoms with Gasteiger partial charge in [-0.3, -0.25) is 9.59 Å². The normalized spacial score (nSPS) is 14.6. The predicted molar refractivity (Wildman–Crippen MR) is 162 cm³/mol. The molecule has 10 nitrogen and oxygen atoms in total. The molecule has 1 unspecified atom stereocenters. The molecular weight excluding hydrogens is 570 g/mol. The number of sulfonamides is 1. The van der Waals surface area contributed by atoms with Crippen molar-refractivity contribution < 1.29 is 32.2 Å². The third-order valence-corrected chi connectivity index (χ3v) is 8.90. The Bertz CT molecular complexity index is 1440. The van der Waals surface area contributed by atoms with Crippen LogP contribution in [0, 0.1) is 5.92 Å². The van der Waals surface area contributed by atoms with Gasteiger partial charge in [0, 0.05) is 26.2 Å². The Labute approximate surface area is 253 Å². The molecule has 2 amide bonds. The maximum atomic E-state index is 13.8. The lowest BCUT2D eigenvalue weighted by atomic mass is 10.0. The molecule has 1 heterocycles. The molecular formula is C32H39N3O7S. The van der Waals surface area contributed by atoms with Crippen LogP contribution >= 0.6 is 0 Å². The number of hydrogen-bond donors (Lipinski definition) is 1. The van der Waals surface area contributed by atoms with Crippen LogP contribution in [0.25, 0.3) is 0 Å². The Hall–Kier alpha value is -3.93. The van der Waals surface area contributed by atoms with Crippen LogP contribution in [0.1, 0.15) is 31.0 Å². The lowest BCUT2D eigenvalue weighted by molar-refractivity contribution is -0.143. The first-order valence-electron chi connectivity index (χ1n) is 14.2. The summed E-state index contributed by atoms with van der Waals surface area (Å²) in [5.74, 6) is 0.538.